The fourth-order valence-electron chi connectivity index (χ4n) is 3.88. The molecule has 2 aliphatic heterocycles. The summed E-state index contributed by atoms with van der Waals surface area (Å²) in [7, 11) is 0. The number of carbonyl (C=O) groups excluding carboxylic acids is 4. The van der Waals surface area contributed by atoms with Crippen LogP contribution in [0.15, 0.2) is 52.3 Å². The standard InChI is InChI=1S/C27H29N3O7S2/c1-3-36-22-13-18(7-8-21(22)37-17-25(32)29-9-11-35-12-10-29)14-23-26(33)30(27(34)39-23)16-24(31)28-19-5-4-6-20(15-19)38-2/h4-8,13-15H,3,9-12,16-17H2,1-2H3,(H,28,31)/b23-14-. The van der Waals surface area contributed by atoms with Gasteiger partial charge in [0.2, 0.25) is 5.91 Å². The fraction of sp³-hybridized carbons (Fsp3) is 0.333. The number of hydrogen-bond acceptors (Lipinski definition) is 9. The highest BCUT2D eigenvalue weighted by Gasteiger charge is 2.36. The smallest absolute Gasteiger partial charge is 0.294 e. The molecule has 2 aromatic carbocycles. The molecule has 12 heteroatoms. The van der Waals surface area contributed by atoms with Crippen molar-refractivity contribution in [3.8, 4) is 11.5 Å². The number of benzene rings is 2. The highest BCUT2D eigenvalue weighted by Crippen LogP contribution is 2.35. The van der Waals surface area contributed by atoms with Gasteiger partial charge in [-0.1, -0.05) is 12.1 Å². The molecule has 0 radical (unpaired) electrons. The lowest BCUT2D eigenvalue weighted by molar-refractivity contribution is -0.137. The zero-order valence-corrected chi connectivity index (χ0v) is 23.3. The van der Waals surface area contributed by atoms with Gasteiger partial charge in [0.05, 0.1) is 24.7 Å². The quantitative estimate of drug-likeness (QED) is 0.337. The summed E-state index contributed by atoms with van der Waals surface area (Å²) < 4.78 is 16.7. The molecule has 4 rings (SSSR count). The lowest BCUT2D eigenvalue weighted by Gasteiger charge is -2.26. The molecule has 2 saturated heterocycles. The van der Waals surface area contributed by atoms with Crippen LogP contribution in [-0.4, -0.2) is 85.1 Å². The maximum atomic E-state index is 12.9. The lowest BCUT2D eigenvalue weighted by Crippen LogP contribution is -2.43. The van der Waals surface area contributed by atoms with Crippen molar-refractivity contribution in [1.29, 1.82) is 0 Å². The van der Waals surface area contributed by atoms with Crippen molar-refractivity contribution in [3.05, 3.63) is 52.9 Å². The Morgan fingerprint density at radius 2 is 1.90 bits per heavy atom. The number of anilines is 1. The van der Waals surface area contributed by atoms with E-state index in [0.717, 1.165) is 21.6 Å². The van der Waals surface area contributed by atoms with Crippen LogP contribution in [0, 0.1) is 0 Å². The van der Waals surface area contributed by atoms with Gasteiger partial charge in [0.1, 0.15) is 6.54 Å². The first-order chi connectivity index (χ1) is 18.9. The number of ether oxygens (including phenoxy) is 3. The molecule has 2 heterocycles. The van der Waals surface area contributed by atoms with Gasteiger partial charge < -0.3 is 24.4 Å². The van der Waals surface area contributed by atoms with Crippen LogP contribution in [0.3, 0.4) is 0 Å². The second-order valence-electron chi connectivity index (χ2n) is 8.47. The largest absolute Gasteiger partial charge is 0.490 e. The number of morpholine rings is 1. The first-order valence-corrected chi connectivity index (χ1v) is 14.4. The number of carbonyl (C=O) groups is 4. The second kappa shape index (κ2) is 13.5. The van der Waals surface area contributed by atoms with Gasteiger partial charge in [-0.3, -0.25) is 24.1 Å². The average Bonchev–Trinajstić information content (AvgIpc) is 3.20. The Bertz CT molecular complexity index is 1280. The van der Waals surface area contributed by atoms with Gasteiger partial charge in [-0.15, -0.1) is 11.8 Å². The molecule has 0 saturated carbocycles. The molecule has 0 aliphatic carbocycles. The third kappa shape index (κ3) is 7.55. The van der Waals surface area contributed by atoms with Crippen LogP contribution in [0.5, 0.6) is 11.5 Å². The lowest BCUT2D eigenvalue weighted by atomic mass is 10.2. The van der Waals surface area contributed by atoms with E-state index in [1.54, 1.807) is 47.0 Å². The van der Waals surface area contributed by atoms with Crippen LogP contribution < -0.4 is 14.8 Å². The predicted octanol–water partition coefficient (Wildman–Crippen LogP) is 3.72. The molecule has 2 aliphatic rings. The fourth-order valence-corrected chi connectivity index (χ4v) is 5.18. The molecule has 1 N–H and O–H groups in total. The molecule has 0 bridgehead atoms. The highest BCUT2D eigenvalue weighted by atomic mass is 32.2. The Labute approximate surface area is 235 Å². The molecule has 39 heavy (non-hydrogen) atoms. The topological polar surface area (TPSA) is 114 Å². The Balaban J connectivity index is 1.40. The van der Waals surface area contributed by atoms with Gasteiger partial charge in [-0.2, -0.15) is 0 Å². The van der Waals surface area contributed by atoms with Crippen molar-refractivity contribution >= 4 is 58.2 Å². The first kappa shape index (κ1) is 28.5. The Morgan fingerprint density at radius 1 is 1.10 bits per heavy atom. The van der Waals surface area contributed by atoms with Gasteiger partial charge >= 0.3 is 0 Å². The van der Waals surface area contributed by atoms with Crippen LogP contribution in [0.1, 0.15) is 12.5 Å². The van der Waals surface area contributed by atoms with Gasteiger partial charge in [0, 0.05) is 23.7 Å². The van der Waals surface area contributed by atoms with Crippen molar-refractivity contribution in [3.63, 3.8) is 0 Å². The summed E-state index contributed by atoms with van der Waals surface area (Å²) in [5.41, 5.74) is 1.20. The molecule has 0 aromatic heterocycles. The predicted molar refractivity (Wildman–Crippen MR) is 150 cm³/mol. The Hall–Kier alpha value is -3.48. The normalized spacial score (nSPS) is 16.5. The van der Waals surface area contributed by atoms with Crippen LogP contribution in [0.2, 0.25) is 0 Å². The van der Waals surface area contributed by atoms with E-state index in [9.17, 15) is 19.2 Å². The van der Waals surface area contributed by atoms with Crippen LogP contribution in [-0.2, 0) is 19.1 Å². The van der Waals surface area contributed by atoms with Crippen molar-refractivity contribution in [2.45, 2.75) is 11.8 Å². The average molecular weight is 572 g/mol. The molecule has 0 atom stereocenters. The highest BCUT2D eigenvalue weighted by molar-refractivity contribution is 8.18. The van der Waals surface area contributed by atoms with E-state index in [2.05, 4.69) is 5.32 Å². The molecule has 4 amide bonds. The number of nitrogens with zero attached hydrogens (tertiary/aromatic N) is 2. The molecule has 206 valence electrons. The van der Waals surface area contributed by atoms with E-state index in [-0.39, 0.29) is 24.0 Å². The van der Waals surface area contributed by atoms with Gasteiger partial charge in [0.25, 0.3) is 17.1 Å². The zero-order chi connectivity index (χ0) is 27.8. The molecule has 0 spiro atoms. The van der Waals surface area contributed by atoms with E-state index in [1.807, 2.05) is 31.4 Å². The number of hydrogen-bond donors (Lipinski definition) is 1. The summed E-state index contributed by atoms with van der Waals surface area (Å²) in [5.74, 6) is -0.353. The van der Waals surface area contributed by atoms with Gasteiger partial charge in [-0.25, -0.2) is 0 Å². The second-order valence-corrected chi connectivity index (χ2v) is 10.3. The summed E-state index contributed by atoms with van der Waals surface area (Å²) in [6.07, 6.45) is 3.50. The number of amides is 4. The van der Waals surface area contributed by atoms with Crippen LogP contribution in [0.4, 0.5) is 10.5 Å². The van der Waals surface area contributed by atoms with E-state index in [0.29, 0.717) is 55.7 Å². The maximum absolute atomic E-state index is 12.9. The molecule has 2 aromatic rings. The number of rotatable bonds is 10. The van der Waals surface area contributed by atoms with E-state index >= 15 is 0 Å². The summed E-state index contributed by atoms with van der Waals surface area (Å²) in [6, 6.07) is 12.3. The maximum Gasteiger partial charge on any atom is 0.294 e. The van der Waals surface area contributed by atoms with Gasteiger partial charge in [0.15, 0.2) is 18.1 Å². The number of imide groups is 1. The molecular formula is C27H29N3O7S2. The van der Waals surface area contributed by atoms with Crippen molar-refractivity contribution in [2.24, 2.45) is 0 Å². The summed E-state index contributed by atoms with van der Waals surface area (Å²) in [5, 5.41) is 2.20. The SMILES string of the molecule is CCOc1cc(/C=C2\SC(=O)N(CC(=O)Nc3cccc(SC)c3)C2=O)ccc1OCC(=O)N1CCOCC1. The molecule has 10 nitrogen and oxygen atoms in total. The minimum atomic E-state index is -0.549. The Morgan fingerprint density at radius 3 is 2.64 bits per heavy atom. The first-order valence-electron chi connectivity index (χ1n) is 12.3. The minimum Gasteiger partial charge on any atom is -0.490 e. The summed E-state index contributed by atoms with van der Waals surface area (Å²) in [6.45, 7) is 3.73. The van der Waals surface area contributed by atoms with Crippen molar-refractivity contribution in [2.75, 3.05) is 57.6 Å². The van der Waals surface area contributed by atoms with Crippen molar-refractivity contribution < 1.29 is 33.4 Å². The van der Waals surface area contributed by atoms with Crippen LogP contribution in [0.25, 0.3) is 6.08 Å². The van der Waals surface area contributed by atoms with E-state index in [1.165, 1.54) is 0 Å². The molecule has 0 unspecified atom stereocenters. The third-order valence-electron chi connectivity index (χ3n) is 5.81. The number of nitrogens with one attached hydrogen (secondary N) is 1. The monoisotopic (exact) mass is 571 g/mol. The summed E-state index contributed by atoms with van der Waals surface area (Å²) >= 11 is 2.31. The molecular weight excluding hydrogens is 542 g/mol. The molecule has 2 fully saturated rings. The third-order valence-corrected chi connectivity index (χ3v) is 7.44. The summed E-state index contributed by atoms with van der Waals surface area (Å²) in [4.78, 5) is 54.2. The minimum absolute atomic E-state index is 0.137. The number of thioether (sulfide) groups is 2. The van der Waals surface area contributed by atoms with Crippen molar-refractivity contribution in [1.82, 2.24) is 9.80 Å². The van der Waals surface area contributed by atoms with Crippen LogP contribution >= 0.6 is 23.5 Å². The Kier molecular flexibility index (Phi) is 9.90. The van der Waals surface area contributed by atoms with Gasteiger partial charge in [-0.05, 0) is 66.9 Å². The zero-order valence-electron chi connectivity index (χ0n) is 21.6. The van der Waals surface area contributed by atoms with E-state index in [4.69, 9.17) is 14.2 Å². The van der Waals surface area contributed by atoms with E-state index < -0.39 is 17.1 Å².